The molecule has 2 aliphatic heterocycles. The van der Waals surface area contributed by atoms with Crippen LogP contribution in [0.3, 0.4) is 0 Å². The lowest BCUT2D eigenvalue weighted by atomic mass is 10.2. The number of hydrogen-bond donors (Lipinski definition) is 0. The molecule has 2 saturated heterocycles. The van der Waals surface area contributed by atoms with Gasteiger partial charge in [-0.2, -0.15) is 0 Å². The van der Waals surface area contributed by atoms with Gasteiger partial charge in [-0.3, -0.25) is 18.9 Å². The Morgan fingerprint density at radius 3 is 2.62 bits per heavy atom. The molecule has 2 aliphatic rings. The highest BCUT2D eigenvalue weighted by molar-refractivity contribution is 8.26. The quantitative estimate of drug-likeness (QED) is 0.280. The van der Waals surface area contributed by atoms with Crippen molar-refractivity contribution in [1.29, 1.82) is 0 Å². The average Bonchev–Trinajstić information content (AvgIpc) is 3.16. The van der Waals surface area contributed by atoms with Crippen molar-refractivity contribution in [1.82, 2.24) is 19.2 Å². The number of piperazine rings is 1. The van der Waals surface area contributed by atoms with Crippen molar-refractivity contribution < 1.29 is 14.3 Å². The molecule has 198 valence electrons. The predicted octanol–water partition coefficient (Wildman–Crippen LogP) is 4.06. The number of amides is 2. The summed E-state index contributed by atoms with van der Waals surface area (Å²) in [5, 5.41) is 0. The van der Waals surface area contributed by atoms with Gasteiger partial charge in [-0.25, -0.2) is 9.78 Å². The number of pyridine rings is 1. The Morgan fingerprint density at radius 2 is 1.92 bits per heavy atom. The van der Waals surface area contributed by atoms with E-state index in [1.54, 1.807) is 29.0 Å². The van der Waals surface area contributed by atoms with Crippen molar-refractivity contribution >= 4 is 57.8 Å². The zero-order chi connectivity index (χ0) is 26.5. The molecular weight excluding hydrogens is 510 g/mol. The van der Waals surface area contributed by atoms with E-state index in [1.807, 2.05) is 24.0 Å². The van der Waals surface area contributed by atoms with Gasteiger partial charge >= 0.3 is 6.09 Å². The average molecular weight is 544 g/mol. The van der Waals surface area contributed by atoms with Gasteiger partial charge in [0.15, 0.2) is 0 Å². The molecule has 2 amide bonds. The maximum Gasteiger partial charge on any atom is 0.409 e. The number of rotatable bonds is 8. The number of anilines is 1. The molecule has 9 nitrogen and oxygen atoms in total. The Labute approximate surface area is 226 Å². The van der Waals surface area contributed by atoms with Crippen LogP contribution in [-0.2, 0) is 9.53 Å². The van der Waals surface area contributed by atoms with Crippen LogP contribution in [0.4, 0.5) is 10.6 Å². The highest BCUT2D eigenvalue weighted by Gasteiger charge is 2.33. The number of thiocarbonyl (C=S) groups is 1. The monoisotopic (exact) mass is 543 g/mol. The zero-order valence-electron chi connectivity index (χ0n) is 21.6. The molecule has 2 aromatic rings. The Kier molecular flexibility index (Phi) is 8.86. The minimum absolute atomic E-state index is 0.168. The van der Waals surface area contributed by atoms with E-state index in [-0.39, 0.29) is 17.6 Å². The van der Waals surface area contributed by atoms with Crippen molar-refractivity contribution in [3.63, 3.8) is 0 Å². The third-order valence-electron chi connectivity index (χ3n) is 6.55. The molecule has 2 aromatic heterocycles. The molecular formula is C26H33N5O4S2. The highest BCUT2D eigenvalue weighted by Crippen LogP contribution is 2.34. The predicted molar refractivity (Wildman–Crippen MR) is 151 cm³/mol. The van der Waals surface area contributed by atoms with Gasteiger partial charge in [0.2, 0.25) is 0 Å². The number of fused-ring (bicyclic) bond motifs is 1. The summed E-state index contributed by atoms with van der Waals surface area (Å²) in [5.41, 5.74) is 1.54. The van der Waals surface area contributed by atoms with Crippen molar-refractivity contribution in [2.45, 2.75) is 46.5 Å². The molecule has 4 heterocycles. The number of thioether (sulfide) groups is 1. The molecule has 11 heteroatoms. The van der Waals surface area contributed by atoms with Crippen molar-refractivity contribution in [3.8, 4) is 0 Å². The molecule has 0 aliphatic carbocycles. The molecule has 0 saturated carbocycles. The van der Waals surface area contributed by atoms with Crippen LogP contribution >= 0.6 is 24.0 Å². The van der Waals surface area contributed by atoms with Crippen LogP contribution in [0.5, 0.6) is 0 Å². The molecule has 37 heavy (non-hydrogen) atoms. The zero-order valence-corrected chi connectivity index (χ0v) is 23.2. The standard InChI is InChI=1S/C26H33N5O4S2/c1-4-6-7-8-11-31-24(33)20(37-26(31)36)17-19-22(27-21-18(3)10-9-12-30(21)23(19)32)28-13-15-29(16-14-28)25(34)35-5-2/h9-10,12,17H,4-8,11,13-16H2,1-3H3/b20-17+. The van der Waals surface area contributed by atoms with E-state index < -0.39 is 0 Å². The Hall–Kier alpha value is -2.92. The second kappa shape index (κ2) is 12.1. The first-order valence-electron chi connectivity index (χ1n) is 12.8. The molecule has 0 aromatic carbocycles. The number of unbranched alkanes of at least 4 members (excludes halogenated alkanes) is 3. The third kappa shape index (κ3) is 5.82. The van der Waals surface area contributed by atoms with E-state index in [1.165, 1.54) is 16.2 Å². The van der Waals surface area contributed by atoms with Gasteiger partial charge in [0.1, 0.15) is 15.8 Å². The summed E-state index contributed by atoms with van der Waals surface area (Å²) in [7, 11) is 0. The first-order chi connectivity index (χ1) is 17.8. The van der Waals surface area contributed by atoms with Crippen molar-refractivity contribution in [2.75, 3.05) is 44.2 Å². The molecule has 2 fully saturated rings. The second-order valence-electron chi connectivity index (χ2n) is 9.11. The van der Waals surface area contributed by atoms with Crippen LogP contribution in [0.25, 0.3) is 11.7 Å². The van der Waals surface area contributed by atoms with Gasteiger partial charge in [-0.05, 0) is 38.0 Å². The maximum absolute atomic E-state index is 13.7. The molecule has 0 radical (unpaired) electrons. The number of ether oxygens (including phenoxy) is 1. The molecule has 0 N–H and O–H groups in total. The van der Waals surface area contributed by atoms with Crippen molar-refractivity contribution in [2.24, 2.45) is 0 Å². The van der Waals surface area contributed by atoms with Crippen molar-refractivity contribution in [3.05, 3.63) is 44.7 Å². The SMILES string of the molecule is CCCCCCN1C(=O)/C(=C\c2c(N3CCN(C(=O)OCC)CC3)nc3c(C)cccn3c2=O)SC1=S. The summed E-state index contributed by atoms with van der Waals surface area (Å²) in [5.74, 6) is 0.342. The van der Waals surface area contributed by atoms with Gasteiger partial charge in [0.25, 0.3) is 11.5 Å². The largest absolute Gasteiger partial charge is 0.450 e. The van der Waals surface area contributed by atoms with Crippen LogP contribution in [0, 0.1) is 6.92 Å². The van der Waals surface area contributed by atoms with Gasteiger partial charge in [0.05, 0.1) is 17.1 Å². The lowest BCUT2D eigenvalue weighted by molar-refractivity contribution is -0.122. The Morgan fingerprint density at radius 1 is 1.16 bits per heavy atom. The van der Waals surface area contributed by atoms with Gasteiger partial charge in [-0.15, -0.1) is 0 Å². The van der Waals surface area contributed by atoms with Gasteiger partial charge < -0.3 is 14.5 Å². The highest BCUT2D eigenvalue weighted by atomic mass is 32.2. The summed E-state index contributed by atoms with van der Waals surface area (Å²) in [6.07, 6.45) is 7.17. The van der Waals surface area contributed by atoms with Crippen LogP contribution in [0.15, 0.2) is 28.0 Å². The van der Waals surface area contributed by atoms with Crippen LogP contribution < -0.4 is 10.5 Å². The lowest BCUT2D eigenvalue weighted by Crippen LogP contribution is -2.49. The van der Waals surface area contributed by atoms with E-state index >= 15 is 0 Å². The molecule has 0 atom stereocenters. The maximum atomic E-state index is 13.7. The molecule has 0 unspecified atom stereocenters. The summed E-state index contributed by atoms with van der Waals surface area (Å²) < 4.78 is 7.17. The number of hydrogen-bond acceptors (Lipinski definition) is 8. The number of carbonyl (C=O) groups excluding carboxylic acids is 2. The summed E-state index contributed by atoms with van der Waals surface area (Å²) in [6.45, 7) is 8.63. The van der Waals surface area contributed by atoms with E-state index in [2.05, 4.69) is 6.92 Å². The molecule has 0 spiro atoms. The molecule has 4 rings (SSSR count). The van der Waals surface area contributed by atoms with E-state index in [4.69, 9.17) is 21.9 Å². The van der Waals surface area contributed by atoms with Gasteiger partial charge in [-0.1, -0.05) is 56.2 Å². The first kappa shape index (κ1) is 27.1. The van der Waals surface area contributed by atoms with E-state index in [0.29, 0.717) is 65.6 Å². The second-order valence-corrected chi connectivity index (χ2v) is 10.8. The first-order valence-corrected chi connectivity index (χ1v) is 14.0. The fourth-order valence-electron chi connectivity index (χ4n) is 4.50. The summed E-state index contributed by atoms with van der Waals surface area (Å²) in [6, 6.07) is 3.72. The van der Waals surface area contributed by atoms with Crippen LogP contribution in [0.1, 0.15) is 50.7 Å². The third-order valence-corrected chi connectivity index (χ3v) is 7.93. The number of aryl methyl sites for hydroxylation is 1. The minimum Gasteiger partial charge on any atom is -0.450 e. The Balaban J connectivity index is 1.68. The van der Waals surface area contributed by atoms with Gasteiger partial charge in [0, 0.05) is 38.9 Å². The topological polar surface area (TPSA) is 87.5 Å². The number of carbonyl (C=O) groups is 2. The number of nitrogens with zero attached hydrogens (tertiary/aromatic N) is 5. The Bertz CT molecular complexity index is 1280. The van der Waals surface area contributed by atoms with Crippen LogP contribution in [0.2, 0.25) is 0 Å². The normalized spacial score (nSPS) is 17.4. The summed E-state index contributed by atoms with van der Waals surface area (Å²) in [4.78, 5) is 49.7. The lowest BCUT2D eigenvalue weighted by Gasteiger charge is -2.35. The van der Waals surface area contributed by atoms with E-state index in [0.717, 1.165) is 31.2 Å². The minimum atomic E-state index is -0.340. The summed E-state index contributed by atoms with van der Waals surface area (Å²) >= 11 is 6.73. The van der Waals surface area contributed by atoms with E-state index in [9.17, 15) is 14.4 Å². The fourth-order valence-corrected chi connectivity index (χ4v) is 5.79. The fraction of sp³-hybridized carbons (Fsp3) is 0.500. The smallest absolute Gasteiger partial charge is 0.409 e. The number of aromatic nitrogens is 2. The van der Waals surface area contributed by atoms with Crippen LogP contribution in [-0.4, -0.2) is 74.8 Å². The molecule has 0 bridgehead atoms.